The van der Waals surface area contributed by atoms with E-state index in [1.165, 1.54) is 22.9 Å². The Hall–Kier alpha value is -6.15. The molecule has 0 unspecified atom stereocenters. The van der Waals surface area contributed by atoms with Crippen molar-refractivity contribution in [2.75, 3.05) is 29.5 Å². The largest absolute Gasteiger partial charge is 0.490 e. The number of urea groups is 1. The van der Waals surface area contributed by atoms with Crippen molar-refractivity contribution >= 4 is 35.3 Å². The number of anilines is 2. The quantitative estimate of drug-likeness (QED) is 0.122. The topological polar surface area (TPSA) is 88.2 Å². The molecule has 1 saturated heterocycles. The average Bonchev–Trinajstić information content (AvgIpc) is 3.17. The van der Waals surface area contributed by atoms with Crippen molar-refractivity contribution in [1.82, 2.24) is 5.32 Å². The first-order chi connectivity index (χ1) is 25.9. The van der Waals surface area contributed by atoms with Crippen LogP contribution in [0.5, 0.6) is 11.5 Å². The van der Waals surface area contributed by atoms with Crippen LogP contribution >= 0.6 is 0 Å². The molecule has 8 heteroatoms. The van der Waals surface area contributed by atoms with E-state index in [4.69, 9.17) is 9.47 Å². The van der Waals surface area contributed by atoms with Crippen LogP contribution in [0.1, 0.15) is 70.5 Å². The number of nitrogens with zero attached hydrogens (tertiary/aromatic N) is 2. The van der Waals surface area contributed by atoms with Crippen LogP contribution in [0, 0.1) is 6.92 Å². The number of rotatable bonds is 9. The Kier molecular flexibility index (Phi) is 9.27. The number of benzene rings is 5. The molecule has 5 aromatic carbocycles. The number of carbonyl (C=O) groups excluding carboxylic acids is 3. The molecule has 0 bridgehead atoms. The van der Waals surface area contributed by atoms with Crippen LogP contribution in [0.25, 0.3) is 6.08 Å². The van der Waals surface area contributed by atoms with E-state index in [0.717, 1.165) is 53.1 Å². The smallest absolute Gasteiger partial charge is 0.335 e. The van der Waals surface area contributed by atoms with Crippen molar-refractivity contribution in [2.24, 2.45) is 0 Å². The highest BCUT2D eigenvalue weighted by Crippen LogP contribution is 2.50. The fourth-order valence-corrected chi connectivity index (χ4v) is 7.99. The fraction of sp³-hybridized carbons (Fsp3) is 0.222. The summed E-state index contributed by atoms with van der Waals surface area (Å²) in [5.74, 6) is -0.227. The lowest BCUT2D eigenvalue weighted by molar-refractivity contribution is -0.122. The predicted octanol–water partition coefficient (Wildman–Crippen LogP) is 8.52. The average molecular weight is 704 g/mol. The summed E-state index contributed by atoms with van der Waals surface area (Å²) in [5, 5.41) is 2.44. The van der Waals surface area contributed by atoms with E-state index in [1.807, 2.05) is 56.3 Å². The number of hydrogen-bond donors (Lipinski definition) is 1. The highest BCUT2D eigenvalue weighted by molar-refractivity contribution is 6.39. The van der Waals surface area contributed by atoms with Gasteiger partial charge in [0.2, 0.25) is 0 Å². The second-order valence-corrected chi connectivity index (χ2v) is 13.8. The molecular formula is C45H41N3O5. The maximum absolute atomic E-state index is 14.4. The van der Waals surface area contributed by atoms with Crippen LogP contribution in [-0.2, 0) is 16.2 Å². The van der Waals surface area contributed by atoms with Crippen molar-refractivity contribution in [3.63, 3.8) is 0 Å². The van der Waals surface area contributed by atoms with Crippen molar-refractivity contribution in [3.8, 4) is 11.5 Å². The van der Waals surface area contributed by atoms with Crippen molar-refractivity contribution in [3.05, 3.63) is 160 Å². The molecule has 8 rings (SSSR count). The summed E-state index contributed by atoms with van der Waals surface area (Å²) in [4.78, 5) is 44.9. The molecule has 3 aliphatic heterocycles. The number of carbonyl (C=O) groups is 3. The summed E-state index contributed by atoms with van der Waals surface area (Å²) >= 11 is 0. The lowest BCUT2D eigenvalue weighted by Crippen LogP contribution is -2.54. The van der Waals surface area contributed by atoms with Gasteiger partial charge in [0.05, 0.1) is 12.3 Å². The monoisotopic (exact) mass is 703 g/mol. The highest BCUT2D eigenvalue weighted by atomic mass is 16.5. The Labute approximate surface area is 309 Å². The van der Waals surface area contributed by atoms with Crippen molar-refractivity contribution in [2.45, 2.75) is 45.1 Å². The van der Waals surface area contributed by atoms with Gasteiger partial charge in [0.25, 0.3) is 11.8 Å². The highest BCUT2D eigenvalue weighted by Gasteiger charge is 2.40. The van der Waals surface area contributed by atoms with Gasteiger partial charge in [-0.05, 0) is 90.4 Å². The van der Waals surface area contributed by atoms with E-state index in [9.17, 15) is 14.4 Å². The van der Waals surface area contributed by atoms with Gasteiger partial charge in [0.1, 0.15) is 12.2 Å². The van der Waals surface area contributed by atoms with Gasteiger partial charge in [-0.3, -0.25) is 14.9 Å². The third-order valence-electron chi connectivity index (χ3n) is 10.4. The summed E-state index contributed by atoms with van der Waals surface area (Å²) in [6.07, 6.45) is 3.33. The normalized spacial score (nSPS) is 18.8. The molecule has 266 valence electrons. The van der Waals surface area contributed by atoms with E-state index in [2.05, 4.69) is 64.8 Å². The molecule has 1 fully saturated rings. The summed E-state index contributed by atoms with van der Waals surface area (Å²) in [6, 6.07) is 37.4. The number of amides is 4. The number of nitrogens with one attached hydrogen (secondary N) is 1. The minimum atomic E-state index is -0.768. The SMILES string of the molecule is CCOc1cc(/C=C2\C(=O)NC(=O)N(c3cc4c5c(c3)[C@H](c3ccccc3)CCN5CC[C@H]4c3ccccc3)C2=O)ccc1OCc1cccc(C)c1. The number of aryl methyl sites for hydroxylation is 1. The summed E-state index contributed by atoms with van der Waals surface area (Å²) in [6.45, 7) is 6.51. The van der Waals surface area contributed by atoms with Crippen LogP contribution in [0.15, 0.2) is 121 Å². The van der Waals surface area contributed by atoms with E-state index in [1.54, 1.807) is 18.2 Å². The van der Waals surface area contributed by atoms with Gasteiger partial charge in [0.15, 0.2) is 11.5 Å². The Morgan fingerprint density at radius 1 is 0.736 bits per heavy atom. The summed E-state index contributed by atoms with van der Waals surface area (Å²) in [5.41, 5.74) is 8.76. The van der Waals surface area contributed by atoms with Crippen LogP contribution in [0.2, 0.25) is 0 Å². The molecule has 3 aliphatic rings. The maximum atomic E-state index is 14.4. The van der Waals surface area contributed by atoms with E-state index in [0.29, 0.717) is 36.0 Å². The minimum absolute atomic E-state index is 0.0823. The van der Waals surface area contributed by atoms with E-state index < -0.39 is 17.8 Å². The molecule has 53 heavy (non-hydrogen) atoms. The van der Waals surface area contributed by atoms with Crippen LogP contribution in [0.4, 0.5) is 16.2 Å². The van der Waals surface area contributed by atoms with E-state index in [-0.39, 0.29) is 17.4 Å². The maximum Gasteiger partial charge on any atom is 0.335 e. The number of imide groups is 2. The Balaban J connectivity index is 1.17. The van der Waals surface area contributed by atoms with Crippen molar-refractivity contribution < 1.29 is 23.9 Å². The van der Waals surface area contributed by atoms with Gasteiger partial charge in [-0.25, -0.2) is 9.69 Å². The third-order valence-corrected chi connectivity index (χ3v) is 10.4. The zero-order valence-electron chi connectivity index (χ0n) is 29.9. The number of hydrogen-bond acceptors (Lipinski definition) is 6. The lowest BCUT2D eigenvalue weighted by Gasteiger charge is -2.44. The number of barbiturate groups is 1. The second kappa shape index (κ2) is 14.5. The lowest BCUT2D eigenvalue weighted by atomic mass is 9.76. The predicted molar refractivity (Wildman–Crippen MR) is 207 cm³/mol. The molecule has 0 aliphatic carbocycles. The number of ether oxygens (including phenoxy) is 2. The van der Waals surface area contributed by atoms with E-state index >= 15 is 0 Å². The Morgan fingerprint density at radius 2 is 1.40 bits per heavy atom. The second-order valence-electron chi connectivity index (χ2n) is 13.8. The molecule has 5 aromatic rings. The molecule has 4 amide bonds. The van der Waals surface area contributed by atoms with Gasteiger partial charge in [-0.15, -0.1) is 0 Å². The first kappa shape index (κ1) is 34.0. The van der Waals surface area contributed by atoms with Gasteiger partial charge in [0, 0.05) is 30.6 Å². The van der Waals surface area contributed by atoms with Crippen molar-refractivity contribution in [1.29, 1.82) is 0 Å². The molecule has 0 radical (unpaired) electrons. The van der Waals surface area contributed by atoms with Gasteiger partial charge >= 0.3 is 6.03 Å². The Bertz CT molecular complexity index is 2160. The zero-order chi connectivity index (χ0) is 36.5. The summed E-state index contributed by atoms with van der Waals surface area (Å²) < 4.78 is 12.0. The first-order valence-electron chi connectivity index (χ1n) is 18.3. The Morgan fingerprint density at radius 3 is 2.02 bits per heavy atom. The molecular weight excluding hydrogens is 663 g/mol. The van der Waals surface area contributed by atoms with Gasteiger partial charge < -0.3 is 14.4 Å². The summed E-state index contributed by atoms with van der Waals surface area (Å²) in [7, 11) is 0. The minimum Gasteiger partial charge on any atom is -0.490 e. The van der Waals surface area contributed by atoms with Crippen LogP contribution in [-0.4, -0.2) is 37.5 Å². The third kappa shape index (κ3) is 6.68. The molecule has 1 N–H and O–H groups in total. The molecule has 0 aromatic heterocycles. The molecule has 0 saturated carbocycles. The zero-order valence-corrected chi connectivity index (χ0v) is 29.9. The fourth-order valence-electron chi connectivity index (χ4n) is 7.99. The molecule has 0 spiro atoms. The molecule has 2 atom stereocenters. The van der Waals surface area contributed by atoms with Gasteiger partial charge in [-0.2, -0.15) is 0 Å². The van der Waals surface area contributed by atoms with Gasteiger partial charge in [-0.1, -0.05) is 96.6 Å². The van der Waals surface area contributed by atoms with Crippen LogP contribution < -0.4 is 24.6 Å². The first-order valence-corrected chi connectivity index (χ1v) is 18.3. The molecule has 3 heterocycles. The van der Waals surface area contributed by atoms with Crippen LogP contribution in [0.3, 0.4) is 0 Å². The molecule has 8 nitrogen and oxygen atoms in total. The standard InChI is InChI=1S/C45H41N3O5/c1-3-52-41-25-30(17-18-40(41)53-28-31-12-10-11-29(2)23-31)24-39-43(49)46-45(51)48(44(39)50)34-26-37-35(32-13-6-4-7-14-32)19-21-47-22-20-36(38(27-34)42(37)47)33-15-8-5-9-16-33/h4-18,23-27,35-36H,3,19-22,28H2,1-2H3,(H,46,49,51)/b39-24+/t35-,36-/m0/s1.